The van der Waals surface area contributed by atoms with Gasteiger partial charge >= 0.3 is 0 Å². The molecule has 3 heterocycles. The Morgan fingerprint density at radius 1 is 1.19 bits per heavy atom. The number of hydrogen-bond donors (Lipinski definition) is 1. The summed E-state index contributed by atoms with van der Waals surface area (Å²) in [5, 5.41) is 15.3. The highest BCUT2D eigenvalue weighted by Gasteiger charge is 2.28. The van der Waals surface area contributed by atoms with Gasteiger partial charge in [-0.1, -0.05) is 42.6 Å². The number of piperazine rings is 1. The Bertz CT molecular complexity index is 1370. The largest absolute Gasteiger partial charge is 0.335 e. The Morgan fingerprint density at radius 2 is 1.97 bits per heavy atom. The van der Waals surface area contributed by atoms with E-state index in [9.17, 15) is 14.9 Å². The number of nitrogens with one attached hydrogen (secondary N) is 1. The first kappa shape index (κ1) is 25.5. The first-order valence-corrected chi connectivity index (χ1v) is 14.5. The van der Waals surface area contributed by atoms with Crippen LogP contribution in [0.3, 0.4) is 0 Å². The summed E-state index contributed by atoms with van der Waals surface area (Å²) in [6.45, 7) is 4.67. The highest BCUT2D eigenvalue weighted by atomic mass is 35.5. The lowest BCUT2D eigenvalue weighted by Crippen LogP contribution is -2.50. The van der Waals surface area contributed by atoms with Gasteiger partial charge in [0.05, 0.1) is 17.1 Å². The fourth-order valence-corrected chi connectivity index (χ4v) is 8.09. The maximum absolute atomic E-state index is 13.1. The van der Waals surface area contributed by atoms with Gasteiger partial charge in [0.2, 0.25) is 5.91 Å². The molecule has 1 atom stereocenters. The van der Waals surface area contributed by atoms with Crippen molar-refractivity contribution in [1.82, 2.24) is 9.80 Å². The fourth-order valence-electron chi connectivity index (χ4n) is 5.01. The Kier molecular flexibility index (Phi) is 7.57. The molecule has 1 unspecified atom stereocenters. The highest BCUT2D eigenvalue weighted by Crippen LogP contribution is 2.40. The van der Waals surface area contributed by atoms with Crippen LogP contribution in [0.4, 0.5) is 5.00 Å². The summed E-state index contributed by atoms with van der Waals surface area (Å²) in [6, 6.07) is 7.75. The van der Waals surface area contributed by atoms with Gasteiger partial charge in [0.1, 0.15) is 15.9 Å². The van der Waals surface area contributed by atoms with Crippen molar-refractivity contribution >= 4 is 72.8 Å². The molecule has 0 saturated carbocycles. The van der Waals surface area contributed by atoms with Crippen molar-refractivity contribution in [2.45, 2.75) is 32.6 Å². The van der Waals surface area contributed by atoms with Crippen molar-refractivity contribution in [2.75, 3.05) is 38.0 Å². The second-order valence-electron chi connectivity index (χ2n) is 9.34. The second-order valence-corrected chi connectivity index (χ2v) is 12.3. The van der Waals surface area contributed by atoms with Crippen molar-refractivity contribution in [1.29, 1.82) is 5.26 Å². The van der Waals surface area contributed by atoms with E-state index in [0.29, 0.717) is 57.6 Å². The first-order chi connectivity index (χ1) is 17.4. The van der Waals surface area contributed by atoms with E-state index in [1.54, 1.807) is 22.3 Å². The SMILES string of the molecule is CCC1CCc2c(sc(NC(=O)CN3CCN(C(=O)c4sc5cc(Cl)ccc5c4Cl)CC3)c2C#N)C1. The third kappa shape index (κ3) is 5.00. The topological polar surface area (TPSA) is 76.4 Å². The molecule has 0 bridgehead atoms. The van der Waals surface area contributed by atoms with Crippen LogP contribution in [0.2, 0.25) is 10.0 Å². The van der Waals surface area contributed by atoms with Crippen LogP contribution in [0, 0.1) is 17.2 Å². The van der Waals surface area contributed by atoms with E-state index in [2.05, 4.69) is 18.3 Å². The van der Waals surface area contributed by atoms with Gasteiger partial charge in [-0.15, -0.1) is 22.7 Å². The number of halogens is 2. The van der Waals surface area contributed by atoms with E-state index in [4.69, 9.17) is 23.2 Å². The number of hydrogen-bond acceptors (Lipinski definition) is 6. The zero-order chi connectivity index (χ0) is 25.4. The number of carbonyl (C=O) groups excluding carboxylic acids is 2. The van der Waals surface area contributed by atoms with Crippen LogP contribution >= 0.6 is 45.9 Å². The minimum atomic E-state index is -0.124. The van der Waals surface area contributed by atoms with Gasteiger partial charge in [0.25, 0.3) is 5.91 Å². The average Bonchev–Trinajstić information content (AvgIpc) is 3.39. The molecule has 5 rings (SSSR count). The van der Waals surface area contributed by atoms with Crippen LogP contribution < -0.4 is 5.32 Å². The Labute approximate surface area is 228 Å². The minimum Gasteiger partial charge on any atom is -0.335 e. The summed E-state index contributed by atoms with van der Waals surface area (Å²) < 4.78 is 0.892. The monoisotopic (exact) mass is 560 g/mol. The molecule has 2 amide bonds. The number of carbonyl (C=O) groups is 2. The molecule has 36 heavy (non-hydrogen) atoms. The van der Waals surface area contributed by atoms with Crippen molar-refractivity contribution in [3.05, 3.63) is 49.1 Å². The third-order valence-corrected chi connectivity index (χ3v) is 10.2. The number of rotatable bonds is 5. The second kappa shape index (κ2) is 10.7. The Balaban J connectivity index is 1.18. The van der Waals surface area contributed by atoms with Crippen LogP contribution in [0.25, 0.3) is 10.1 Å². The van der Waals surface area contributed by atoms with E-state index in [-0.39, 0.29) is 18.4 Å². The standard InChI is InChI=1S/C26H26Cl2N4O2S2/c1-2-15-3-5-17-19(13-29)25(36-20(17)11-15)30-22(33)14-31-7-9-32(10-8-31)26(34)24-23(28)18-6-4-16(27)12-21(18)35-24/h4,6,12,15H,2-3,5,7-11,14H2,1H3,(H,30,33). The lowest BCUT2D eigenvalue weighted by atomic mass is 9.86. The number of nitriles is 1. The normalized spacial score (nSPS) is 18.2. The predicted octanol–water partition coefficient (Wildman–Crippen LogP) is 6.05. The maximum atomic E-state index is 13.1. The van der Waals surface area contributed by atoms with Crippen molar-refractivity contribution in [2.24, 2.45) is 5.92 Å². The maximum Gasteiger partial charge on any atom is 0.265 e. The molecule has 2 aliphatic rings. The lowest BCUT2D eigenvalue weighted by Gasteiger charge is -2.34. The number of benzene rings is 1. The van der Waals surface area contributed by atoms with Gasteiger partial charge in [-0.25, -0.2) is 0 Å². The molecule has 1 aliphatic heterocycles. The van der Waals surface area contributed by atoms with Crippen LogP contribution in [-0.2, 0) is 17.6 Å². The predicted molar refractivity (Wildman–Crippen MR) is 148 cm³/mol. The zero-order valence-corrected chi connectivity index (χ0v) is 23.0. The number of nitrogens with zero attached hydrogens (tertiary/aromatic N) is 3. The minimum absolute atomic E-state index is 0.0883. The molecule has 188 valence electrons. The quantitative estimate of drug-likeness (QED) is 0.412. The molecule has 1 saturated heterocycles. The first-order valence-electron chi connectivity index (χ1n) is 12.1. The summed E-state index contributed by atoms with van der Waals surface area (Å²) >= 11 is 15.5. The summed E-state index contributed by atoms with van der Waals surface area (Å²) in [7, 11) is 0. The van der Waals surface area contributed by atoms with Crippen LogP contribution in [-0.4, -0.2) is 54.3 Å². The molecular weight excluding hydrogens is 535 g/mol. The van der Waals surface area contributed by atoms with E-state index < -0.39 is 0 Å². The van der Waals surface area contributed by atoms with Gasteiger partial charge in [-0.05, 0) is 42.9 Å². The fraction of sp³-hybridized carbons (Fsp3) is 0.423. The molecule has 2 aromatic heterocycles. The Hall–Kier alpha value is -2.15. The number of thiophene rings is 2. The van der Waals surface area contributed by atoms with Gasteiger partial charge < -0.3 is 10.2 Å². The molecule has 3 aromatic rings. The molecular formula is C26H26Cl2N4O2S2. The van der Waals surface area contributed by atoms with Crippen LogP contribution in [0.5, 0.6) is 0 Å². The summed E-state index contributed by atoms with van der Waals surface area (Å²) in [4.78, 5) is 31.6. The molecule has 1 fully saturated rings. The summed E-state index contributed by atoms with van der Waals surface area (Å²) in [6.07, 6.45) is 4.15. The van der Waals surface area contributed by atoms with Gasteiger partial charge in [-0.3, -0.25) is 14.5 Å². The van der Waals surface area contributed by atoms with Gasteiger partial charge in [0.15, 0.2) is 0 Å². The van der Waals surface area contributed by atoms with E-state index in [0.717, 1.165) is 41.3 Å². The number of amides is 2. The summed E-state index contributed by atoms with van der Waals surface area (Å²) in [5.74, 6) is 0.446. The van der Waals surface area contributed by atoms with Crippen molar-refractivity contribution in [3.63, 3.8) is 0 Å². The zero-order valence-electron chi connectivity index (χ0n) is 19.9. The summed E-state index contributed by atoms with van der Waals surface area (Å²) in [5.41, 5.74) is 1.76. The smallest absolute Gasteiger partial charge is 0.265 e. The molecule has 1 aromatic carbocycles. The average molecular weight is 562 g/mol. The van der Waals surface area contributed by atoms with Crippen molar-refractivity contribution < 1.29 is 9.59 Å². The lowest BCUT2D eigenvalue weighted by molar-refractivity contribution is -0.117. The highest BCUT2D eigenvalue weighted by molar-refractivity contribution is 7.21. The molecule has 0 spiro atoms. The van der Waals surface area contributed by atoms with Crippen LogP contribution in [0.1, 0.15) is 45.4 Å². The van der Waals surface area contributed by atoms with E-state index in [1.807, 2.05) is 17.0 Å². The van der Waals surface area contributed by atoms with Crippen molar-refractivity contribution in [3.8, 4) is 6.07 Å². The molecule has 1 aliphatic carbocycles. The molecule has 1 N–H and O–H groups in total. The van der Waals surface area contributed by atoms with Crippen LogP contribution in [0.15, 0.2) is 18.2 Å². The Morgan fingerprint density at radius 3 is 2.69 bits per heavy atom. The van der Waals surface area contributed by atoms with Gasteiger partial charge in [-0.2, -0.15) is 5.26 Å². The third-order valence-electron chi connectivity index (χ3n) is 7.12. The van der Waals surface area contributed by atoms with E-state index >= 15 is 0 Å². The van der Waals surface area contributed by atoms with Gasteiger partial charge in [0, 0.05) is 46.2 Å². The molecule has 6 nitrogen and oxygen atoms in total. The molecule has 0 radical (unpaired) electrons. The number of fused-ring (bicyclic) bond motifs is 2. The molecule has 10 heteroatoms. The number of anilines is 1. The van der Waals surface area contributed by atoms with E-state index in [1.165, 1.54) is 16.2 Å².